The van der Waals surface area contributed by atoms with E-state index in [0.717, 1.165) is 25.2 Å². The first-order valence-electron chi connectivity index (χ1n) is 8.12. The molecular weight excluding hydrogens is 236 g/mol. The number of nitrogens with one attached hydrogen (secondary N) is 2. The topological polar surface area (TPSA) is 41.1 Å². The molecule has 2 fully saturated rings. The average molecular weight is 266 g/mol. The normalized spacial score (nSPS) is 30.8. The van der Waals surface area contributed by atoms with Crippen molar-refractivity contribution in [3.63, 3.8) is 0 Å². The lowest BCUT2D eigenvalue weighted by Crippen LogP contribution is -2.49. The van der Waals surface area contributed by atoms with Crippen molar-refractivity contribution in [2.24, 2.45) is 5.92 Å². The third kappa shape index (κ3) is 4.20. The van der Waals surface area contributed by atoms with Gasteiger partial charge in [-0.1, -0.05) is 39.0 Å². The van der Waals surface area contributed by atoms with E-state index in [1.165, 1.54) is 38.5 Å². The van der Waals surface area contributed by atoms with Crippen LogP contribution in [0.1, 0.15) is 71.1 Å². The molecule has 0 radical (unpaired) electrons. The zero-order valence-corrected chi connectivity index (χ0v) is 12.6. The number of hydrogen-bond acceptors (Lipinski definition) is 2. The van der Waals surface area contributed by atoms with Crippen LogP contribution in [0.2, 0.25) is 0 Å². The second-order valence-electron chi connectivity index (χ2n) is 6.80. The van der Waals surface area contributed by atoms with Gasteiger partial charge in [0.15, 0.2) is 0 Å². The molecule has 3 nitrogen and oxygen atoms in total. The van der Waals surface area contributed by atoms with Crippen LogP contribution >= 0.6 is 0 Å². The van der Waals surface area contributed by atoms with Crippen molar-refractivity contribution in [2.75, 3.05) is 7.05 Å². The first kappa shape index (κ1) is 14.8. The van der Waals surface area contributed by atoms with E-state index in [1.54, 1.807) is 0 Å². The molecular formula is C16H30N2O. The first-order valence-corrected chi connectivity index (χ1v) is 8.12. The van der Waals surface area contributed by atoms with Gasteiger partial charge in [0.05, 0.1) is 0 Å². The molecule has 0 heterocycles. The molecule has 3 heteroatoms. The summed E-state index contributed by atoms with van der Waals surface area (Å²) < 4.78 is 0. The van der Waals surface area contributed by atoms with Crippen molar-refractivity contribution in [1.29, 1.82) is 0 Å². The van der Waals surface area contributed by atoms with Gasteiger partial charge in [-0.2, -0.15) is 0 Å². The third-order valence-corrected chi connectivity index (χ3v) is 5.14. The fraction of sp³-hybridized carbons (Fsp3) is 0.938. The standard InChI is InChI=1S/C16H30N2O/c1-13-7-6-8-14(11-13)18-15(19)12-16(17-2)9-4-3-5-10-16/h13-14,17H,3-12H2,1-2H3,(H,18,19). The molecule has 1 amide bonds. The second-order valence-corrected chi connectivity index (χ2v) is 6.80. The minimum atomic E-state index is 0.0720. The van der Waals surface area contributed by atoms with Crippen molar-refractivity contribution >= 4 is 5.91 Å². The fourth-order valence-corrected chi connectivity index (χ4v) is 3.89. The maximum atomic E-state index is 12.3. The number of carbonyl (C=O) groups excluding carboxylic acids is 1. The largest absolute Gasteiger partial charge is 0.353 e. The lowest BCUT2D eigenvalue weighted by Gasteiger charge is -2.37. The Labute approximate surface area is 117 Å². The van der Waals surface area contributed by atoms with Crippen LogP contribution in [0, 0.1) is 5.92 Å². The van der Waals surface area contributed by atoms with Crippen LogP contribution in [0.5, 0.6) is 0 Å². The molecule has 0 aromatic rings. The van der Waals surface area contributed by atoms with E-state index in [9.17, 15) is 4.79 Å². The van der Waals surface area contributed by atoms with Gasteiger partial charge >= 0.3 is 0 Å². The van der Waals surface area contributed by atoms with E-state index in [-0.39, 0.29) is 11.4 Å². The zero-order chi connectivity index (χ0) is 13.7. The number of hydrogen-bond donors (Lipinski definition) is 2. The molecule has 2 aliphatic rings. The summed E-state index contributed by atoms with van der Waals surface area (Å²) in [7, 11) is 2.02. The summed E-state index contributed by atoms with van der Waals surface area (Å²) in [6, 6.07) is 0.425. The highest BCUT2D eigenvalue weighted by Gasteiger charge is 2.33. The molecule has 2 atom stereocenters. The molecule has 0 spiro atoms. The molecule has 2 aliphatic carbocycles. The molecule has 2 N–H and O–H groups in total. The van der Waals surface area contributed by atoms with Gasteiger partial charge in [0.2, 0.25) is 5.91 Å². The van der Waals surface area contributed by atoms with Crippen LogP contribution in [0.4, 0.5) is 0 Å². The van der Waals surface area contributed by atoms with Crippen LogP contribution in [-0.2, 0) is 4.79 Å². The van der Waals surface area contributed by atoms with Crippen LogP contribution in [0.15, 0.2) is 0 Å². The number of carbonyl (C=O) groups is 1. The van der Waals surface area contributed by atoms with Gasteiger partial charge in [-0.15, -0.1) is 0 Å². The number of amides is 1. The Hall–Kier alpha value is -0.570. The monoisotopic (exact) mass is 266 g/mol. The van der Waals surface area contributed by atoms with Crippen molar-refractivity contribution < 1.29 is 4.79 Å². The van der Waals surface area contributed by atoms with Gasteiger partial charge in [0.25, 0.3) is 0 Å². The van der Waals surface area contributed by atoms with Crippen LogP contribution in [0.3, 0.4) is 0 Å². The summed E-state index contributed by atoms with van der Waals surface area (Å²) in [5, 5.41) is 6.71. The SMILES string of the molecule is CNC1(CC(=O)NC2CCCC(C)C2)CCCCC1. The van der Waals surface area contributed by atoms with E-state index < -0.39 is 0 Å². The Morgan fingerprint density at radius 1 is 1.16 bits per heavy atom. The molecule has 19 heavy (non-hydrogen) atoms. The number of rotatable bonds is 4. The lowest BCUT2D eigenvalue weighted by molar-refractivity contribution is -0.123. The zero-order valence-electron chi connectivity index (χ0n) is 12.6. The summed E-state index contributed by atoms with van der Waals surface area (Å²) in [4.78, 5) is 12.3. The van der Waals surface area contributed by atoms with E-state index in [2.05, 4.69) is 17.6 Å². The maximum absolute atomic E-state index is 12.3. The van der Waals surface area contributed by atoms with E-state index in [4.69, 9.17) is 0 Å². The van der Waals surface area contributed by atoms with Gasteiger partial charge in [-0.3, -0.25) is 4.79 Å². The van der Waals surface area contributed by atoms with Crippen molar-refractivity contribution in [2.45, 2.75) is 82.7 Å². The smallest absolute Gasteiger partial charge is 0.222 e. The lowest BCUT2D eigenvalue weighted by atomic mass is 9.79. The quantitative estimate of drug-likeness (QED) is 0.821. The third-order valence-electron chi connectivity index (χ3n) is 5.14. The van der Waals surface area contributed by atoms with E-state index in [1.807, 2.05) is 7.05 Å². The summed E-state index contributed by atoms with van der Waals surface area (Å²) in [5.74, 6) is 1.03. The van der Waals surface area contributed by atoms with Gasteiger partial charge in [0, 0.05) is 18.0 Å². The summed E-state index contributed by atoms with van der Waals surface area (Å²) >= 11 is 0. The first-order chi connectivity index (χ1) is 9.13. The van der Waals surface area contributed by atoms with Crippen LogP contribution < -0.4 is 10.6 Å². The molecule has 2 rings (SSSR count). The Kier molecular flexibility index (Phi) is 5.26. The van der Waals surface area contributed by atoms with E-state index in [0.29, 0.717) is 12.5 Å². The summed E-state index contributed by atoms with van der Waals surface area (Å²) in [5.41, 5.74) is 0.0720. The highest BCUT2D eigenvalue weighted by atomic mass is 16.1. The maximum Gasteiger partial charge on any atom is 0.222 e. The molecule has 0 aliphatic heterocycles. The average Bonchev–Trinajstić information content (AvgIpc) is 2.39. The van der Waals surface area contributed by atoms with Gasteiger partial charge in [0.1, 0.15) is 0 Å². The Morgan fingerprint density at radius 3 is 2.53 bits per heavy atom. The second kappa shape index (κ2) is 6.74. The van der Waals surface area contributed by atoms with Crippen molar-refractivity contribution in [3.05, 3.63) is 0 Å². The molecule has 0 aromatic carbocycles. The summed E-state index contributed by atoms with van der Waals surface area (Å²) in [6.07, 6.45) is 11.7. The molecule has 110 valence electrons. The minimum Gasteiger partial charge on any atom is -0.353 e. The van der Waals surface area contributed by atoms with Gasteiger partial charge in [-0.25, -0.2) is 0 Å². The molecule has 0 bridgehead atoms. The van der Waals surface area contributed by atoms with E-state index >= 15 is 0 Å². The molecule has 2 unspecified atom stereocenters. The molecule has 0 saturated heterocycles. The minimum absolute atomic E-state index is 0.0720. The van der Waals surface area contributed by atoms with Crippen molar-refractivity contribution in [1.82, 2.24) is 10.6 Å². The predicted octanol–water partition coefficient (Wildman–Crippen LogP) is 2.99. The molecule has 0 aromatic heterocycles. The van der Waals surface area contributed by atoms with Gasteiger partial charge in [-0.05, 0) is 38.6 Å². The Balaban J connectivity index is 1.82. The Bertz CT molecular complexity index is 297. The predicted molar refractivity (Wildman–Crippen MR) is 79.1 cm³/mol. The van der Waals surface area contributed by atoms with Gasteiger partial charge < -0.3 is 10.6 Å². The van der Waals surface area contributed by atoms with Crippen molar-refractivity contribution in [3.8, 4) is 0 Å². The highest BCUT2D eigenvalue weighted by molar-refractivity contribution is 5.77. The Morgan fingerprint density at radius 2 is 1.89 bits per heavy atom. The highest BCUT2D eigenvalue weighted by Crippen LogP contribution is 2.31. The molecule has 2 saturated carbocycles. The van der Waals surface area contributed by atoms with Crippen LogP contribution in [0.25, 0.3) is 0 Å². The fourth-order valence-electron chi connectivity index (χ4n) is 3.89. The van der Waals surface area contributed by atoms with Crippen LogP contribution in [-0.4, -0.2) is 24.5 Å². The summed E-state index contributed by atoms with van der Waals surface area (Å²) in [6.45, 7) is 2.30.